The molecule has 1 aliphatic heterocycles. The van der Waals surface area contributed by atoms with Gasteiger partial charge >= 0.3 is 5.97 Å². The topological polar surface area (TPSA) is 62.5 Å². The molecular weight excluding hydrogens is 182 g/mol. The van der Waals surface area contributed by atoms with Crippen molar-refractivity contribution in [3.8, 4) is 0 Å². The lowest BCUT2D eigenvalue weighted by Gasteiger charge is -2.21. The first-order chi connectivity index (χ1) is 6.73. The average molecular weight is 195 g/mol. The number of hydrogen-bond donors (Lipinski definition) is 2. The first kappa shape index (κ1) is 9.27. The van der Waals surface area contributed by atoms with Crippen LogP contribution in [0.3, 0.4) is 0 Å². The lowest BCUT2D eigenvalue weighted by molar-refractivity contribution is -0.147. The van der Waals surface area contributed by atoms with Crippen LogP contribution >= 0.6 is 0 Å². The van der Waals surface area contributed by atoms with E-state index in [4.69, 9.17) is 4.42 Å². The molecule has 0 aromatic carbocycles. The van der Waals surface area contributed by atoms with Gasteiger partial charge in [0.15, 0.2) is 0 Å². The molecule has 1 aromatic rings. The van der Waals surface area contributed by atoms with E-state index >= 15 is 0 Å². The fourth-order valence-electron chi connectivity index (χ4n) is 1.90. The first-order valence-corrected chi connectivity index (χ1v) is 4.69. The number of aliphatic carboxylic acids is 1. The van der Waals surface area contributed by atoms with Gasteiger partial charge in [-0.05, 0) is 25.1 Å². The molecule has 0 radical (unpaired) electrons. The van der Waals surface area contributed by atoms with Crippen LogP contribution in [0, 0.1) is 5.41 Å². The number of nitrogens with one attached hydrogen (secondary N) is 1. The fourth-order valence-corrected chi connectivity index (χ4v) is 1.90. The third kappa shape index (κ3) is 1.53. The molecule has 1 aliphatic rings. The predicted molar refractivity (Wildman–Crippen MR) is 50.0 cm³/mol. The molecule has 1 aromatic heterocycles. The molecule has 0 aliphatic carbocycles. The van der Waals surface area contributed by atoms with Crippen LogP contribution in [0.2, 0.25) is 0 Å². The van der Waals surface area contributed by atoms with E-state index in [0.717, 1.165) is 12.3 Å². The van der Waals surface area contributed by atoms with Crippen molar-refractivity contribution in [3.63, 3.8) is 0 Å². The first-order valence-electron chi connectivity index (χ1n) is 4.69. The molecule has 1 fully saturated rings. The van der Waals surface area contributed by atoms with Crippen LogP contribution in [0.5, 0.6) is 0 Å². The molecule has 2 N–H and O–H groups in total. The second-order valence-corrected chi connectivity index (χ2v) is 3.77. The SMILES string of the molecule is O=C(O)C1(Cc2ccco2)CCNC1. The summed E-state index contributed by atoms with van der Waals surface area (Å²) in [4.78, 5) is 11.2. The largest absolute Gasteiger partial charge is 0.481 e. The van der Waals surface area contributed by atoms with Crippen molar-refractivity contribution < 1.29 is 14.3 Å². The van der Waals surface area contributed by atoms with E-state index in [1.165, 1.54) is 0 Å². The summed E-state index contributed by atoms with van der Waals surface area (Å²) in [5.74, 6) is 0.00926. The third-order valence-corrected chi connectivity index (χ3v) is 2.79. The van der Waals surface area contributed by atoms with Crippen molar-refractivity contribution in [3.05, 3.63) is 24.2 Å². The van der Waals surface area contributed by atoms with Gasteiger partial charge in [-0.1, -0.05) is 0 Å². The summed E-state index contributed by atoms with van der Waals surface area (Å²) in [6.45, 7) is 1.30. The molecule has 1 atom stereocenters. The van der Waals surface area contributed by atoms with Crippen molar-refractivity contribution in [2.45, 2.75) is 12.8 Å². The minimum atomic E-state index is -0.737. The van der Waals surface area contributed by atoms with Gasteiger partial charge in [0.25, 0.3) is 0 Å². The third-order valence-electron chi connectivity index (χ3n) is 2.79. The lowest BCUT2D eigenvalue weighted by atomic mass is 9.83. The standard InChI is InChI=1S/C10H13NO3/c12-9(13)10(3-4-11-7-10)6-8-2-1-5-14-8/h1-2,5,11H,3-4,6-7H2,(H,12,13). The molecule has 14 heavy (non-hydrogen) atoms. The Morgan fingerprint density at radius 3 is 3.07 bits per heavy atom. The van der Waals surface area contributed by atoms with Gasteiger partial charge in [0.2, 0.25) is 0 Å². The van der Waals surface area contributed by atoms with Gasteiger partial charge in [0, 0.05) is 13.0 Å². The number of carboxylic acid groups (broad SMARTS) is 1. The molecule has 1 saturated heterocycles. The summed E-state index contributed by atoms with van der Waals surface area (Å²) >= 11 is 0. The summed E-state index contributed by atoms with van der Waals surface area (Å²) in [5, 5.41) is 12.3. The normalized spacial score (nSPS) is 26.6. The summed E-state index contributed by atoms with van der Waals surface area (Å²) in [7, 11) is 0. The maximum atomic E-state index is 11.2. The van der Waals surface area contributed by atoms with Crippen LogP contribution in [-0.4, -0.2) is 24.2 Å². The summed E-state index contributed by atoms with van der Waals surface area (Å²) in [6, 6.07) is 3.61. The van der Waals surface area contributed by atoms with Crippen LogP contribution in [0.4, 0.5) is 0 Å². The zero-order valence-corrected chi connectivity index (χ0v) is 7.82. The number of rotatable bonds is 3. The summed E-state index contributed by atoms with van der Waals surface area (Å²) in [5.41, 5.74) is -0.669. The Labute approximate surface area is 81.9 Å². The lowest BCUT2D eigenvalue weighted by Crippen LogP contribution is -2.35. The molecule has 4 nitrogen and oxygen atoms in total. The fraction of sp³-hybridized carbons (Fsp3) is 0.500. The van der Waals surface area contributed by atoms with Crippen LogP contribution in [0.25, 0.3) is 0 Å². The Morgan fingerprint density at radius 1 is 1.71 bits per heavy atom. The van der Waals surface area contributed by atoms with Gasteiger partial charge in [0.1, 0.15) is 5.76 Å². The van der Waals surface area contributed by atoms with Gasteiger partial charge in [0.05, 0.1) is 11.7 Å². The quantitative estimate of drug-likeness (QED) is 0.751. The molecule has 4 heteroatoms. The van der Waals surface area contributed by atoms with E-state index in [9.17, 15) is 9.90 Å². The smallest absolute Gasteiger partial charge is 0.311 e. The minimum absolute atomic E-state index is 0.475. The molecule has 1 unspecified atom stereocenters. The Balaban J connectivity index is 2.16. The second-order valence-electron chi connectivity index (χ2n) is 3.77. The Hall–Kier alpha value is -1.29. The molecule has 0 amide bonds. The van der Waals surface area contributed by atoms with E-state index in [1.807, 2.05) is 6.07 Å². The van der Waals surface area contributed by atoms with E-state index in [0.29, 0.717) is 19.4 Å². The van der Waals surface area contributed by atoms with Crippen molar-refractivity contribution in [1.29, 1.82) is 0 Å². The van der Waals surface area contributed by atoms with E-state index < -0.39 is 11.4 Å². The molecule has 0 saturated carbocycles. The van der Waals surface area contributed by atoms with Gasteiger partial charge in [-0.2, -0.15) is 0 Å². The van der Waals surface area contributed by atoms with Crippen molar-refractivity contribution in [1.82, 2.24) is 5.32 Å². The Kier molecular flexibility index (Phi) is 2.29. The van der Waals surface area contributed by atoms with Gasteiger partial charge in [-0.15, -0.1) is 0 Å². The Morgan fingerprint density at radius 2 is 2.57 bits per heavy atom. The zero-order valence-electron chi connectivity index (χ0n) is 7.82. The maximum Gasteiger partial charge on any atom is 0.311 e. The predicted octanol–water partition coefficient (Wildman–Crippen LogP) is 0.886. The van der Waals surface area contributed by atoms with Gasteiger partial charge in [-0.25, -0.2) is 0 Å². The van der Waals surface area contributed by atoms with Gasteiger partial charge in [-0.3, -0.25) is 4.79 Å². The van der Waals surface area contributed by atoms with E-state index in [1.54, 1.807) is 12.3 Å². The highest BCUT2D eigenvalue weighted by Crippen LogP contribution is 2.30. The highest BCUT2D eigenvalue weighted by atomic mass is 16.4. The average Bonchev–Trinajstić information content (AvgIpc) is 2.76. The summed E-state index contributed by atoms with van der Waals surface area (Å²) in [6.07, 6.45) is 2.72. The molecule has 2 rings (SSSR count). The molecule has 0 spiro atoms. The molecule has 76 valence electrons. The minimum Gasteiger partial charge on any atom is -0.481 e. The highest BCUT2D eigenvalue weighted by Gasteiger charge is 2.42. The van der Waals surface area contributed by atoms with Crippen molar-refractivity contribution in [2.24, 2.45) is 5.41 Å². The van der Waals surface area contributed by atoms with Crippen molar-refractivity contribution >= 4 is 5.97 Å². The zero-order chi connectivity index (χ0) is 10.0. The monoisotopic (exact) mass is 195 g/mol. The summed E-state index contributed by atoms with van der Waals surface area (Å²) < 4.78 is 5.18. The highest BCUT2D eigenvalue weighted by molar-refractivity contribution is 5.75. The van der Waals surface area contributed by atoms with Crippen LogP contribution in [0.1, 0.15) is 12.2 Å². The number of furan rings is 1. The number of carboxylic acids is 1. The van der Waals surface area contributed by atoms with Crippen molar-refractivity contribution in [2.75, 3.05) is 13.1 Å². The Bertz CT molecular complexity index is 312. The van der Waals surface area contributed by atoms with E-state index in [2.05, 4.69) is 5.32 Å². The van der Waals surface area contributed by atoms with Crippen LogP contribution < -0.4 is 5.32 Å². The van der Waals surface area contributed by atoms with E-state index in [-0.39, 0.29) is 0 Å². The van der Waals surface area contributed by atoms with Crippen LogP contribution in [0.15, 0.2) is 22.8 Å². The van der Waals surface area contributed by atoms with Gasteiger partial charge < -0.3 is 14.8 Å². The molecular formula is C10H13NO3. The number of hydrogen-bond acceptors (Lipinski definition) is 3. The molecule has 0 bridgehead atoms. The molecule has 2 heterocycles. The number of carbonyl (C=O) groups is 1. The van der Waals surface area contributed by atoms with Crippen LogP contribution in [-0.2, 0) is 11.2 Å². The second kappa shape index (κ2) is 3.46. The maximum absolute atomic E-state index is 11.2.